The third-order valence-electron chi connectivity index (χ3n) is 7.10. The Kier molecular flexibility index (Phi) is 19.5. The first-order chi connectivity index (χ1) is 14.9. The van der Waals surface area contributed by atoms with E-state index in [1.54, 1.807) is 0 Å². The van der Waals surface area contributed by atoms with Crippen molar-refractivity contribution in [1.82, 2.24) is 0 Å². The van der Waals surface area contributed by atoms with E-state index in [2.05, 4.69) is 41.5 Å². The summed E-state index contributed by atoms with van der Waals surface area (Å²) in [7, 11) is 0. The summed E-state index contributed by atoms with van der Waals surface area (Å²) < 4.78 is 12.6. The number of hydrogen-bond acceptors (Lipinski definition) is 3. The maximum atomic E-state index is 13.7. The van der Waals surface area contributed by atoms with E-state index in [0.29, 0.717) is 0 Å². The van der Waals surface area contributed by atoms with Gasteiger partial charge in [0.25, 0.3) is 0 Å². The molecule has 0 N–H and O–H groups in total. The fourth-order valence-electron chi connectivity index (χ4n) is 4.75. The van der Waals surface area contributed by atoms with Crippen LogP contribution in [0.1, 0.15) is 119 Å². The van der Waals surface area contributed by atoms with Crippen molar-refractivity contribution in [2.24, 2.45) is 0 Å². The van der Waals surface area contributed by atoms with Crippen molar-refractivity contribution in [2.75, 3.05) is 0 Å². The second-order valence-corrected chi connectivity index (χ2v) is 35.4. The Bertz CT molecular complexity index is 394. The van der Waals surface area contributed by atoms with E-state index in [9.17, 15) is 9.59 Å². The van der Waals surface area contributed by atoms with Gasteiger partial charge in [0.2, 0.25) is 0 Å². The topological polar surface area (TPSA) is 43.4 Å². The number of carbonyl (C=O) groups excluding carboxylic acids is 2. The molecule has 0 atom stereocenters. The second-order valence-electron chi connectivity index (χ2n) is 9.86. The van der Waals surface area contributed by atoms with Gasteiger partial charge >= 0.3 is 204 Å². The number of rotatable bonds is 20. The predicted octanol–water partition coefficient (Wildman–Crippen LogP) is 10.1. The van der Waals surface area contributed by atoms with E-state index < -0.39 is 36.8 Å². The molecule has 0 saturated heterocycles. The SMILES string of the molecule is CCC[CH2][Sn]([CH2]CCC)([CH2]CCC)[C](=O)O[C](=O)[Sn]([CH2]CCC)([CH2]CCC)[CH2]CCC. The van der Waals surface area contributed by atoms with Crippen molar-refractivity contribution >= 4 is 44.7 Å². The molecule has 3 nitrogen and oxygen atoms in total. The van der Waals surface area contributed by atoms with Crippen LogP contribution in [0.25, 0.3) is 0 Å². The van der Waals surface area contributed by atoms with Crippen LogP contribution in [-0.4, -0.2) is 44.7 Å². The van der Waals surface area contributed by atoms with Crippen LogP contribution in [0.3, 0.4) is 0 Å². The Balaban J connectivity index is 5.80. The Labute approximate surface area is 203 Å². The molecule has 0 fully saturated rings. The summed E-state index contributed by atoms with van der Waals surface area (Å²) in [5.74, 6) is 0. The van der Waals surface area contributed by atoms with Gasteiger partial charge in [-0.05, 0) is 0 Å². The molecule has 0 heterocycles. The number of ether oxygens (including phenoxy) is 1. The molecule has 184 valence electrons. The molecule has 0 aromatic heterocycles. The van der Waals surface area contributed by atoms with Crippen molar-refractivity contribution < 1.29 is 14.3 Å². The molecule has 0 bridgehead atoms. The van der Waals surface area contributed by atoms with Gasteiger partial charge in [-0.2, -0.15) is 0 Å². The molecular weight excluding hydrogens is 598 g/mol. The van der Waals surface area contributed by atoms with Gasteiger partial charge in [-0.1, -0.05) is 0 Å². The third-order valence-corrected chi connectivity index (χ3v) is 35.1. The van der Waals surface area contributed by atoms with Gasteiger partial charge in [-0.15, -0.1) is 0 Å². The zero-order valence-corrected chi connectivity index (χ0v) is 27.7. The summed E-state index contributed by atoms with van der Waals surface area (Å²) >= 11 is -6.33. The van der Waals surface area contributed by atoms with Crippen LogP contribution in [0.4, 0.5) is 9.59 Å². The summed E-state index contributed by atoms with van der Waals surface area (Å²) in [6.45, 7) is 13.3. The average molecular weight is 652 g/mol. The molecule has 0 spiro atoms. The normalized spacial score (nSPS) is 12.2. The van der Waals surface area contributed by atoms with Crippen LogP contribution in [0, 0.1) is 0 Å². The fourth-order valence-corrected chi connectivity index (χ4v) is 32.8. The Morgan fingerprint density at radius 2 is 0.645 bits per heavy atom. The zero-order valence-electron chi connectivity index (χ0n) is 22.0. The zero-order chi connectivity index (χ0) is 23.6. The molecule has 0 aliphatic rings. The molecule has 0 saturated carbocycles. The summed E-state index contributed by atoms with van der Waals surface area (Å²) in [6, 6.07) is 0. The van der Waals surface area contributed by atoms with E-state index >= 15 is 0 Å². The van der Waals surface area contributed by atoms with Crippen LogP contribution in [0.5, 0.6) is 0 Å². The van der Waals surface area contributed by atoms with Crippen LogP contribution >= 0.6 is 0 Å². The first kappa shape index (κ1) is 31.7. The van der Waals surface area contributed by atoms with Gasteiger partial charge in [-0.3, -0.25) is 0 Å². The molecular formula is C26H54O3Sn2. The number of hydrogen-bond donors (Lipinski definition) is 0. The molecule has 0 rings (SSSR count). The van der Waals surface area contributed by atoms with E-state index in [0.717, 1.165) is 104 Å². The van der Waals surface area contributed by atoms with E-state index in [-0.39, 0.29) is 7.97 Å². The number of carbonyl (C=O) groups is 2. The Morgan fingerprint density at radius 1 is 0.452 bits per heavy atom. The summed E-state index contributed by atoms with van der Waals surface area (Å²) in [5, 5.41) is 0. The fraction of sp³-hybridized carbons (Fsp3) is 0.923. The summed E-state index contributed by atoms with van der Waals surface area (Å²) in [4.78, 5) is 27.5. The quantitative estimate of drug-likeness (QED) is 0.0972. The van der Waals surface area contributed by atoms with Crippen molar-refractivity contribution in [3.63, 3.8) is 0 Å². The van der Waals surface area contributed by atoms with Crippen molar-refractivity contribution in [1.29, 1.82) is 0 Å². The second kappa shape index (κ2) is 19.1. The van der Waals surface area contributed by atoms with Gasteiger partial charge in [-0.25, -0.2) is 0 Å². The summed E-state index contributed by atoms with van der Waals surface area (Å²) in [6.07, 6.45) is 13.5. The van der Waals surface area contributed by atoms with Crippen LogP contribution in [0.2, 0.25) is 26.6 Å². The van der Waals surface area contributed by atoms with Crippen molar-refractivity contribution in [2.45, 2.75) is 145 Å². The van der Waals surface area contributed by atoms with E-state index in [1.165, 1.54) is 0 Å². The van der Waals surface area contributed by atoms with Gasteiger partial charge in [0, 0.05) is 0 Å². The van der Waals surface area contributed by atoms with E-state index in [4.69, 9.17) is 4.74 Å². The summed E-state index contributed by atoms with van der Waals surface area (Å²) in [5.41, 5.74) is 0. The predicted molar refractivity (Wildman–Crippen MR) is 142 cm³/mol. The minimum absolute atomic E-state index is 0.0419. The van der Waals surface area contributed by atoms with Crippen molar-refractivity contribution in [3.8, 4) is 0 Å². The molecule has 0 radical (unpaired) electrons. The van der Waals surface area contributed by atoms with Crippen LogP contribution in [-0.2, 0) is 4.74 Å². The van der Waals surface area contributed by atoms with Crippen LogP contribution < -0.4 is 0 Å². The maximum absolute atomic E-state index is 13.7. The molecule has 5 heteroatoms. The first-order valence-electron chi connectivity index (χ1n) is 13.7. The molecule has 0 aromatic rings. The van der Waals surface area contributed by atoms with Gasteiger partial charge in [0.15, 0.2) is 0 Å². The molecule has 31 heavy (non-hydrogen) atoms. The monoisotopic (exact) mass is 654 g/mol. The first-order valence-corrected chi connectivity index (χ1v) is 28.6. The number of unbranched alkanes of at least 4 members (excludes halogenated alkanes) is 6. The third kappa shape index (κ3) is 11.6. The molecule has 0 unspecified atom stereocenters. The standard InChI is InChI=1S/6C4H9.C2O3.2Sn/c6*1-3-4-2;3-1-5-2-4;;/h6*1,3-4H2,2H3;;;. The van der Waals surface area contributed by atoms with E-state index in [1.807, 2.05) is 0 Å². The Morgan fingerprint density at radius 3 is 0.806 bits per heavy atom. The molecule has 0 amide bonds. The Hall–Kier alpha value is 0.737. The molecule has 0 aromatic carbocycles. The van der Waals surface area contributed by atoms with Gasteiger partial charge in [0.1, 0.15) is 0 Å². The minimum atomic E-state index is -3.17. The van der Waals surface area contributed by atoms with Crippen molar-refractivity contribution in [3.05, 3.63) is 0 Å². The van der Waals surface area contributed by atoms with Gasteiger partial charge in [0.05, 0.1) is 0 Å². The average Bonchev–Trinajstić information content (AvgIpc) is 2.78. The van der Waals surface area contributed by atoms with Crippen LogP contribution in [0.15, 0.2) is 0 Å². The molecule has 0 aliphatic heterocycles. The molecule has 0 aliphatic carbocycles. The van der Waals surface area contributed by atoms with Gasteiger partial charge < -0.3 is 0 Å².